The summed E-state index contributed by atoms with van der Waals surface area (Å²) in [6, 6.07) is 8.11. The van der Waals surface area contributed by atoms with Crippen molar-refractivity contribution in [1.82, 2.24) is 44.6 Å². The Morgan fingerprint density at radius 3 is 2.59 bits per heavy atom. The summed E-state index contributed by atoms with van der Waals surface area (Å²) in [5.74, 6) is -0.684. The van der Waals surface area contributed by atoms with Crippen molar-refractivity contribution < 1.29 is 27.0 Å². The van der Waals surface area contributed by atoms with Crippen LogP contribution in [0.25, 0.3) is 22.6 Å². The zero-order valence-electron chi connectivity index (χ0n) is 24.3. The van der Waals surface area contributed by atoms with Gasteiger partial charge in [0.25, 0.3) is 0 Å². The smallest absolute Gasteiger partial charge is 0.451 e. The highest BCUT2D eigenvalue weighted by Gasteiger charge is 2.35. The lowest BCUT2D eigenvalue weighted by Gasteiger charge is -2.32. The minimum atomic E-state index is -4.64. The SMILES string of the molecule is Fc1cc(Cl)ccc1COc1nccc(C2CCN(Cc3nc4cc(-c5nnc(C(F)(F)F)[nH]5)ncc4n3CC3CCO3)CC2)n1. The van der Waals surface area contributed by atoms with Crippen molar-refractivity contribution in [1.29, 1.82) is 0 Å². The van der Waals surface area contributed by atoms with Crippen LogP contribution in [-0.2, 0) is 30.6 Å². The van der Waals surface area contributed by atoms with Gasteiger partial charge < -0.3 is 19.0 Å². The van der Waals surface area contributed by atoms with Crippen molar-refractivity contribution in [3.8, 4) is 17.5 Å². The first kappa shape index (κ1) is 30.4. The molecule has 16 heteroatoms. The van der Waals surface area contributed by atoms with Crippen LogP contribution in [0.5, 0.6) is 6.01 Å². The van der Waals surface area contributed by atoms with E-state index in [1.54, 1.807) is 30.6 Å². The van der Waals surface area contributed by atoms with Gasteiger partial charge in [-0.25, -0.2) is 14.4 Å². The monoisotopic (exact) mass is 657 g/mol. The Kier molecular flexibility index (Phi) is 8.29. The molecule has 46 heavy (non-hydrogen) atoms. The van der Waals surface area contributed by atoms with Gasteiger partial charge in [0.15, 0.2) is 5.82 Å². The lowest BCUT2D eigenvalue weighted by molar-refractivity contribution is -0.144. The first-order chi connectivity index (χ1) is 22.2. The molecule has 2 aliphatic rings. The molecule has 0 saturated carbocycles. The van der Waals surface area contributed by atoms with E-state index in [1.165, 1.54) is 6.07 Å². The van der Waals surface area contributed by atoms with Crippen molar-refractivity contribution in [2.75, 3.05) is 19.7 Å². The number of pyridine rings is 1. The van der Waals surface area contributed by atoms with Crippen molar-refractivity contribution in [3.63, 3.8) is 0 Å². The molecule has 1 N–H and O–H groups in total. The Balaban J connectivity index is 1.03. The molecule has 1 aromatic carbocycles. The standard InChI is InChI=1S/C30H28ClF4N9O2/c31-19-2-1-18(21(32)11-19)16-46-29-36-7-3-22(39-29)17-4-8-43(9-5-17)15-26-38-23-12-24(27-40-28(42-41-27)30(33,34)35)37-13-25(23)44(26)14-20-6-10-45-20/h1-3,7,11-13,17,20H,4-6,8-10,14-16H2,(H,40,41,42). The summed E-state index contributed by atoms with van der Waals surface area (Å²) >= 11 is 5.83. The van der Waals surface area contributed by atoms with Crippen molar-refractivity contribution >= 4 is 22.6 Å². The highest BCUT2D eigenvalue weighted by Crippen LogP contribution is 2.31. The minimum Gasteiger partial charge on any atom is -0.458 e. The van der Waals surface area contributed by atoms with E-state index in [2.05, 4.69) is 39.6 Å². The number of piperidine rings is 1. The number of rotatable bonds is 9. The Morgan fingerprint density at radius 2 is 1.87 bits per heavy atom. The number of benzene rings is 1. The number of nitrogens with zero attached hydrogens (tertiary/aromatic N) is 8. The highest BCUT2D eigenvalue weighted by atomic mass is 35.5. The summed E-state index contributed by atoms with van der Waals surface area (Å²) in [4.78, 5) is 22.6. The maximum Gasteiger partial charge on any atom is 0.451 e. The van der Waals surface area contributed by atoms with Crippen LogP contribution in [-0.4, -0.2) is 70.4 Å². The van der Waals surface area contributed by atoms with Crippen molar-refractivity contribution in [3.05, 3.63) is 76.5 Å². The summed E-state index contributed by atoms with van der Waals surface area (Å²) in [5, 5.41) is 7.16. The molecule has 0 amide bonds. The molecule has 7 rings (SSSR count). The third kappa shape index (κ3) is 6.52. The predicted octanol–water partition coefficient (Wildman–Crippen LogP) is 5.57. The number of H-pyrrole nitrogens is 1. The van der Waals surface area contributed by atoms with E-state index in [-0.39, 0.29) is 36.2 Å². The molecule has 6 heterocycles. The molecule has 0 bridgehead atoms. The van der Waals surface area contributed by atoms with Gasteiger partial charge >= 0.3 is 12.2 Å². The lowest BCUT2D eigenvalue weighted by atomic mass is 9.93. The maximum absolute atomic E-state index is 14.1. The maximum atomic E-state index is 14.1. The van der Waals surface area contributed by atoms with Crippen molar-refractivity contribution in [2.24, 2.45) is 0 Å². The van der Waals surface area contributed by atoms with Crippen LogP contribution in [0.15, 0.2) is 42.7 Å². The fraction of sp³-hybridized carbons (Fsp3) is 0.400. The molecule has 2 fully saturated rings. The van der Waals surface area contributed by atoms with E-state index in [0.717, 1.165) is 49.4 Å². The van der Waals surface area contributed by atoms with Gasteiger partial charge in [-0.15, -0.1) is 10.2 Å². The van der Waals surface area contributed by atoms with Gasteiger partial charge in [0, 0.05) is 29.3 Å². The summed E-state index contributed by atoms with van der Waals surface area (Å²) in [7, 11) is 0. The average Bonchev–Trinajstić information content (AvgIpc) is 3.64. The number of hydrogen-bond acceptors (Lipinski definition) is 9. The molecule has 1 atom stereocenters. The molecule has 4 aromatic heterocycles. The molecule has 0 radical (unpaired) electrons. The number of aromatic amines is 1. The first-order valence-electron chi connectivity index (χ1n) is 14.8. The third-order valence-corrected chi connectivity index (χ3v) is 8.52. The Bertz CT molecular complexity index is 1850. The second-order valence-corrected chi connectivity index (χ2v) is 11.8. The second-order valence-electron chi connectivity index (χ2n) is 11.3. The van der Waals surface area contributed by atoms with Gasteiger partial charge in [-0.1, -0.05) is 17.7 Å². The number of likely N-dealkylation sites (tertiary alicyclic amines) is 1. The Hall–Kier alpha value is -4.21. The highest BCUT2D eigenvalue weighted by molar-refractivity contribution is 6.30. The summed E-state index contributed by atoms with van der Waals surface area (Å²) in [6.07, 6.45) is 1.34. The molecule has 5 aromatic rings. The lowest BCUT2D eigenvalue weighted by Crippen LogP contribution is -2.35. The molecule has 2 saturated heterocycles. The number of hydrogen-bond donors (Lipinski definition) is 1. The summed E-state index contributed by atoms with van der Waals surface area (Å²) < 4.78 is 66.7. The van der Waals surface area contributed by atoms with Crippen molar-refractivity contribution in [2.45, 2.75) is 57.2 Å². The minimum absolute atomic E-state index is 0.0121. The molecule has 0 aliphatic carbocycles. The van der Waals surface area contributed by atoms with Crippen LogP contribution in [0, 0.1) is 5.82 Å². The summed E-state index contributed by atoms with van der Waals surface area (Å²) in [6.45, 7) is 3.48. The molecule has 240 valence electrons. The quantitative estimate of drug-likeness (QED) is 0.203. The van der Waals surface area contributed by atoms with E-state index in [4.69, 9.17) is 26.1 Å². The Morgan fingerprint density at radius 1 is 1.04 bits per heavy atom. The van der Waals surface area contributed by atoms with Crippen LogP contribution in [0.2, 0.25) is 5.02 Å². The molecular weight excluding hydrogens is 630 g/mol. The normalized spacial score (nSPS) is 17.8. The fourth-order valence-electron chi connectivity index (χ4n) is 5.68. The van der Waals surface area contributed by atoms with Gasteiger partial charge in [0.1, 0.15) is 23.9 Å². The molecular formula is C30H28ClF4N9O2. The zero-order valence-corrected chi connectivity index (χ0v) is 25.1. The third-order valence-electron chi connectivity index (χ3n) is 8.29. The molecule has 11 nitrogen and oxygen atoms in total. The number of ether oxygens (including phenoxy) is 2. The number of fused-ring (bicyclic) bond motifs is 1. The molecule has 1 unspecified atom stereocenters. The topological polar surface area (TPSA) is 120 Å². The number of halogens is 5. The van der Waals surface area contributed by atoms with Gasteiger partial charge in [-0.2, -0.15) is 18.2 Å². The predicted molar refractivity (Wildman–Crippen MR) is 157 cm³/mol. The van der Waals surface area contributed by atoms with Gasteiger partial charge in [-0.3, -0.25) is 9.88 Å². The van der Waals surface area contributed by atoms with Crippen LogP contribution in [0.3, 0.4) is 0 Å². The Labute approximate surface area is 265 Å². The molecule has 0 spiro atoms. The van der Waals surface area contributed by atoms with Crippen LogP contribution < -0.4 is 4.74 Å². The van der Waals surface area contributed by atoms with E-state index in [0.29, 0.717) is 35.8 Å². The largest absolute Gasteiger partial charge is 0.458 e. The number of imidazole rings is 1. The van der Waals surface area contributed by atoms with E-state index in [9.17, 15) is 17.6 Å². The summed E-state index contributed by atoms with van der Waals surface area (Å²) in [5.41, 5.74) is 2.83. The van der Waals surface area contributed by atoms with E-state index >= 15 is 0 Å². The number of nitrogens with one attached hydrogen (secondary N) is 1. The van der Waals surface area contributed by atoms with Crippen LogP contribution >= 0.6 is 11.6 Å². The molecule has 2 aliphatic heterocycles. The van der Waals surface area contributed by atoms with Gasteiger partial charge in [0.05, 0.1) is 42.1 Å². The second kappa shape index (κ2) is 12.5. The number of aromatic nitrogens is 8. The van der Waals surface area contributed by atoms with Crippen LogP contribution in [0.4, 0.5) is 17.6 Å². The number of alkyl halides is 3. The average molecular weight is 658 g/mol. The fourth-order valence-corrected chi connectivity index (χ4v) is 5.84. The van der Waals surface area contributed by atoms with E-state index < -0.39 is 17.8 Å². The van der Waals surface area contributed by atoms with E-state index in [1.807, 2.05) is 6.07 Å². The zero-order chi connectivity index (χ0) is 31.8. The van der Waals surface area contributed by atoms with Gasteiger partial charge in [0.2, 0.25) is 5.82 Å². The van der Waals surface area contributed by atoms with Gasteiger partial charge in [-0.05, 0) is 56.6 Å². The first-order valence-corrected chi connectivity index (χ1v) is 15.2. The van der Waals surface area contributed by atoms with Crippen LogP contribution in [0.1, 0.15) is 48.1 Å².